The van der Waals surface area contributed by atoms with Crippen LogP contribution < -0.4 is 5.32 Å². The minimum absolute atomic E-state index is 0.625. The Labute approximate surface area is 105 Å². The molecule has 0 bridgehead atoms. The van der Waals surface area contributed by atoms with Crippen LogP contribution in [-0.2, 0) is 6.42 Å². The van der Waals surface area contributed by atoms with E-state index in [4.69, 9.17) is 0 Å². The molecule has 0 aromatic carbocycles. The molecule has 6 heteroatoms. The number of nitrogens with one attached hydrogen (secondary N) is 1. The van der Waals surface area contributed by atoms with Crippen molar-refractivity contribution < 1.29 is 0 Å². The van der Waals surface area contributed by atoms with Crippen molar-refractivity contribution in [1.82, 2.24) is 30.5 Å². The number of hydrogen-bond donors (Lipinski definition) is 1. The van der Waals surface area contributed by atoms with Crippen molar-refractivity contribution in [2.45, 2.75) is 19.3 Å². The number of rotatable bonds is 3. The van der Waals surface area contributed by atoms with Crippen molar-refractivity contribution in [3.05, 3.63) is 30.4 Å². The van der Waals surface area contributed by atoms with Gasteiger partial charge in [-0.05, 0) is 54.4 Å². The minimum atomic E-state index is 0.625. The molecule has 0 aliphatic carbocycles. The van der Waals surface area contributed by atoms with Gasteiger partial charge >= 0.3 is 0 Å². The smallest absolute Gasteiger partial charge is 0.157 e. The number of aromatic nitrogens is 5. The average molecular weight is 244 g/mol. The van der Waals surface area contributed by atoms with Gasteiger partial charge in [0.05, 0.1) is 11.9 Å². The van der Waals surface area contributed by atoms with Gasteiger partial charge in [0.2, 0.25) is 0 Å². The van der Waals surface area contributed by atoms with E-state index in [0.717, 1.165) is 31.0 Å². The molecule has 3 heterocycles. The van der Waals surface area contributed by atoms with Crippen LogP contribution in [0.4, 0.5) is 0 Å². The Morgan fingerprint density at radius 1 is 1.44 bits per heavy atom. The maximum atomic E-state index is 4.13. The van der Waals surface area contributed by atoms with Crippen LogP contribution >= 0.6 is 0 Å². The molecule has 1 aliphatic rings. The highest BCUT2D eigenvalue weighted by molar-refractivity contribution is 5.26. The molecule has 3 rings (SSSR count). The predicted octanol–water partition coefficient (Wildman–Crippen LogP) is 0.599. The van der Waals surface area contributed by atoms with Crippen LogP contribution in [-0.4, -0.2) is 38.3 Å². The van der Waals surface area contributed by atoms with Crippen molar-refractivity contribution in [1.29, 1.82) is 0 Å². The highest BCUT2D eigenvalue weighted by Crippen LogP contribution is 2.16. The number of piperidine rings is 1. The van der Waals surface area contributed by atoms with Crippen molar-refractivity contribution in [2.24, 2.45) is 5.92 Å². The molecule has 0 amide bonds. The fraction of sp³-hybridized carbons (Fsp3) is 0.500. The van der Waals surface area contributed by atoms with Crippen LogP contribution in [0.1, 0.15) is 18.7 Å². The van der Waals surface area contributed by atoms with Crippen molar-refractivity contribution >= 4 is 0 Å². The van der Waals surface area contributed by atoms with Gasteiger partial charge in [-0.15, -0.1) is 5.10 Å². The Kier molecular flexibility index (Phi) is 3.27. The number of nitrogens with zero attached hydrogens (tertiary/aromatic N) is 5. The molecule has 0 spiro atoms. The first-order chi connectivity index (χ1) is 8.93. The zero-order chi connectivity index (χ0) is 12.2. The van der Waals surface area contributed by atoms with Gasteiger partial charge in [0, 0.05) is 12.6 Å². The fourth-order valence-electron chi connectivity index (χ4n) is 2.37. The third-order valence-electron chi connectivity index (χ3n) is 3.29. The zero-order valence-electron chi connectivity index (χ0n) is 10.2. The standard InChI is InChI=1S/C12H16N6/c1-3-10(8-13-5-1)7-12-15-16-17-18(12)11-4-2-6-14-9-11/h2,4,6,9-10,13H,1,3,5,7-8H2. The van der Waals surface area contributed by atoms with Crippen LogP contribution in [0.3, 0.4) is 0 Å². The van der Waals surface area contributed by atoms with Crippen LogP contribution in [0.15, 0.2) is 24.5 Å². The van der Waals surface area contributed by atoms with Crippen LogP contribution in [0.25, 0.3) is 5.69 Å². The maximum Gasteiger partial charge on any atom is 0.157 e. The van der Waals surface area contributed by atoms with E-state index in [9.17, 15) is 0 Å². The third kappa shape index (κ3) is 2.38. The lowest BCUT2D eigenvalue weighted by atomic mass is 9.96. The normalized spacial score (nSPS) is 19.9. The second-order valence-corrected chi connectivity index (χ2v) is 4.63. The lowest BCUT2D eigenvalue weighted by Crippen LogP contribution is -2.31. The quantitative estimate of drug-likeness (QED) is 0.856. The first kappa shape index (κ1) is 11.3. The molecule has 1 fully saturated rings. The van der Waals surface area contributed by atoms with Gasteiger partial charge in [0.1, 0.15) is 0 Å². The molecule has 1 saturated heterocycles. The Morgan fingerprint density at radius 2 is 2.44 bits per heavy atom. The average Bonchev–Trinajstić information content (AvgIpc) is 2.89. The minimum Gasteiger partial charge on any atom is -0.316 e. The summed E-state index contributed by atoms with van der Waals surface area (Å²) >= 11 is 0. The predicted molar refractivity (Wildman–Crippen MR) is 66.2 cm³/mol. The summed E-state index contributed by atoms with van der Waals surface area (Å²) in [5, 5.41) is 15.4. The summed E-state index contributed by atoms with van der Waals surface area (Å²) in [6.45, 7) is 2.18. The van der Waals surface area contributed by atoms with E-state index in [1.807, 2.05) is 12.1 Å². The highest BCUT2D eigenvalue weighted by atomic mass is 15.5. The van der Waals surface area contributed by atoms with E-state index in [0.29, 0.717) is 5.92 Å². The topological polar surface area (TPSA) is 68.5 Å². The van der Waals surface area contributed by atoms with Crippen LogP contribution in [0.5, 0.6) is 0 Å². The Bertz CT molecular complexity index is 488. The van der Waals surface area contributed by atoms with Gasteiger partial charge in [-0.3, -0.25) is 4.98 Å². The van der Waals surface area contributed by atoms with Gasteiger partial charge in [-0.2, -0.15) is 4.68 Å². The Hall–Kier alpha value is -1.82. The first-order valence-corrected chi connectivity index (χ1v) is 6.32. The lowest BCUT2D eigenvalue weighted by Gasteiger charge is -2.21. The molecule has 1 N–H and O–H groups in total. The summed E-state index contributed by atoms with van der Waals surface area (Å²) in [6, 6.07) is 3.86. The second kappa shape index (κ2) is 5.22. The molecular weight excluding hydrogens is 228 g/mol. The fourth-order valence-corrected chi connectivity index (χ4v) is 2.37. The Balaban J connectivity index is 1.79. The van der Waals surface area contributed by atoms with Gasteiger partial charge < -0.3 is 5.32 Å². The molecule has 0 saturated carbocycles. The van der Waals surface area contributed by atoms with E-state index in [1.54, 1.807) is 17.1 Å². The number of pyridine rings is 1. The van der Waals surface area contributed by atoms with Crippen molar-refractivity contribution in [3.8, 4) is 5.69 Å². The number of hydrogen-bond acceptors (Lipinski definition) is 5. The van der Waals surface area contributed by atoms with Crippen molar-refractivity contribution in [3.63, 3.8) is 0 Å². The van der Waals surface area contributed by atoms with E-state index in [2.05, 4.69) is 25.8 Å². The molecule has 2 aromatic heterocycles. The molecule has 1 unspecified atom stereocenters. The summed E-state index contributed by atoms with van der Waals surface area (Å²) in [4.78, 5) is 4.10. The van der Waals surface area contributed by atoms with Crippen molar-refractivity contribution in [2.75, 3.05) is 13.1 Å². The summed E-state index contributed by atoms with van der Waals surface area (Å²) in [5.74, 6) is 1.54. The summed E-state index contributed by atoms with van der Waals surface area (Å²) in [7, 11) is 0. The third-order valence-corrected chi connectivity index (χ3v) is 3.29. The van der Waals surface area contributed by atoms with Gasteiger partial charge in [-0.25, -0.2) is 0 Å². The van der Waals surface area contributed by atoms with E-state index >= 15 is 0 Å². The zero-order valence-corrected chi connectivity index (χ0v) is 10.2. The highest BCUT2D eigenvalue weighted by Gasteiger charge is 2.17. The SMILES string of the molecule is c1cncc(-n2nnnc2CC2CCCNC2)c1. The molecule has 18 heavy (non-hydrogen) atoms. The van der Waals surface area contributed by atoms with Gasteiger partial charge in [0.25, 0.3) is 0 Å². The molecule has 2 aromatic rings. The lowest BCUT2D eigenvalue weighted by molar-refractivity contribution is 0.368. The second-order valence-electron chi connectivity index (χ2n) is 4.63. The number of tetrazole rings is 1. The van der Waals surface area contributed by atoms with Gasteiger partial charge in [-0.1, -0.05) is 0 Å². The molecule has 6 nitrogen and oxygen atoms in total. The van der Waals surface area contributed by atoms with Crippen LogP contribution in [0, 0.1) is 5.92 Å². The summed E-state index contributed by atoms with van der Waals surface area (Å²) in [6.07, 6.45) is 6.92. The van der Waals surface area contributed by atoms with Crippen LogP contribution in [0.2, 0.25) is 0 Å². The monoisotopic (exact) mass is 244 g/mol. The Morgan fingerprint density at radius 3 is 3.22 bits per heavy atom. The largest absolute Gasteiger partial charge is 0.316 e. The molecular formula is C12H16N6. The summed E-state index contributed by atoms with van der Waals surface area (Å²) < 4.78 is 1.78. The molecule has 1 atom stereocenters. The molecule has 94 valence electrons. The van der Waals surface area contributed by atoms with E-state index in [1.165, 1.54) is 12.8 Å². The van der Waals surface area contributed by atoms with E-state index in [-0.39, 0.29) is 0 Å². The summed E-state index contributed by atoms with van der Waals surface area (Å²) in [5.41, 5.74) is 0.918. The van der Waals surface area contributed by atoms with Gasteiger partial charge in [0.15, 0.2) is 5.82 Å². The maximum absolute atomic E-state index is 4.13. The molecule has 0 radical (unpaired) electrons. The first-order valence-electron chi connectivity index (χ1n) is 6.32. The van der Waals surface area contributed by atoms with E-state index < -0.39 is 0 Å². The molecule has 1 aliphatic heterocycles.